The van der Waals surface area contributed by atoms with Crippen LogP contribution in [0.25, 0.3) is 11.0 Å². The van der Waals surface area contributed by atoms with E-state index < -0.39 is 29.5 Å². The number of allylic oxidation sites excluding steroid dienone is 1. The van der Waals surface area contributed by atoms with Gasteiger partial charge in [0.1, 0.15) is 11.3 Å². The van der Waals surface area contributed by atoms with Gasteiger partial charge in [-0.05, 0) is 91.5 Å². The van der Waals surface area contributed by atoms with Crippen molar-refractivity contribution in [3.63, 3.8) is 0 Å². The third-order valence-electron chi connectivity index (χ3n) is 8.93. The number of nitrogens with zero attached hydrogens (tertiary/aromatic N) is 1. The van der Waals surface area contributed by atoms with Gasteiger partial charge in [0, 0.05) is 30.6 Å². The maximum atomic E-state index is 13.4. The first-order valence-corrected chi connectivity index (χ1v) is 16.3. The Balaban J connectivity index is 1.19. The van der Waals surface area contributed by atoms with Crippen LogP contribution in [0, 0.1) is 0 Å². The summed E-state index contributed by atoms with van der Waals surface area (Å²) in [5.41, 5.74) is 3.91. The lowest BCUT2D eigenvalue weighted by molar-refractivity contribution is -0.274. The zero-order valence-electron chi connectivity index (χ0n) is 26.0. The molecule has 1 saturated carbocycles. The Bertz CT molecular complexity index is 1890. The fourth-order valence-corrected chi connectivity index (χ4v) is 6.74. The fourth-order valence-electron chi connectivity index (χ4n) is 6.61. The summed E-state index contributed by atoms with van der Waals surface area (Å²) >= 11 is 6.10. The summed E-state index contributed by atoms with van der Waals surface area (Å²) in [5, 5.41) is 3.43. The maximum Gasteiger partial charge on any atom is 0.573 e. The highest BCUT2D eigenvalue weighted by Gasteiger charge is 2.31. The van der Waals surface area contributed by atoms with Gasteiger partial charge >= 0.3 is 6.36 Å². The molecule has 48 heavy (non-hydrogen) atoms. The molecule has 2 aliphatic rings. The number of nitrogens with one attached hydrogen (secondary N) is 1. The number of ether oxygens (including phenoxy) is 1. The van der Waals surface area contributed by atoms with Crippen LogP contribution in [0.1, 0.15) is 71.7 Å². The standard InChI is InChI=1S/C37H34ClF3N2O5/c38-27-13-9-24(10-14-27)19-28(42-36(46)34-21-32(44)31-20-29(48-37(39,40)41)15-16-33(31)47-34)18-23-7-11-25(12-8-23)30-5-2-1-4-26(30)22-43-17-3-6-35(43)45/h1-2,4-5,9-10,13-16,18,20-21,25,28H,3,6-8,11-12,17,19,22H2,(H,42,46)/t25?,28-/m1/s1. The van der Waals surface area contributed by atoms with Crippen LogP contribution in [-0.2, 0) is 17.8 Å². The van der Waals surface area contributed by atoms with Gasteiger partial charge in [-0.25, -0.2) is 0 Å². The summed E-state index contributed by atoms with van der Waals surface area (Å²) < 4.78 is 47.6. The normalized spacial score (nSPS) is 17.4. The number of hydrogen-bond donors (Lipinski definition) is 1. The molecule has 0 spiro atoms. The van der Waals surface area contributed by atoms with E-state index in [1.165, 1.54) is 22.8 Å². The van der Waals surface area contributed by atoms with Crippen molar-refractivity contribution < 1.29 is 31.9 Å². The number of hydrogen-bond acceptors (Lipinski definition) is 5. The lowest BCUT2D eigenvalue weighted by Gasteiger charge is -2.28. The fraction of sp³-hybridized carbons (Fsp3) is 0.324. The minimum atomic E-state index is -4.92. The number of rotatable bonds is 9. The molecular formula is C37H34ClF3N2O5. The average molecular weight is 679 g/mol. The van der Waals surface area contributed by atoms with Crippen molar-refractivity contribution in [3.05, 3.63) is 122 Å². The van der Waals surface area contributed by atoms with Gasteiger partial charge < -0.3 is 19.4 Å². The smallest absolute Gasteiger partial charge is 0.451 e. The second-order valence-corrected chi connectivity index (χ2v) is 12.7. The predicted molar refractivity (Wildman–Crippen MR) is 176 cm³/mol. The van der Waals surface area contributed by atoms with E-state index in [1.807, 2.05) is 29.2 Å². The van der Waals surface area contributed by atoms with Crippen LogP contribution in [0.4, 0.5) is 13.2 Å². The van der Waals surface area contributed by atoms with Gasteiger partial charge in [-0.2, -0.15) is 0 Å². The Kier molecular flexibility index (Phi) is 9.91. The van der Waals surface area contributed by atoms with Crippen molar-refractivity contribution in [3.8, 4) is 5.75 Å². The summed E-state index contributed by atoms with van der Waals surface area (Å²) in [5.74, 6) is -0.879. The Hall–Kier alpha value is -4.57. The number of alkyl halides is 3. The van der Waals surface area contributed by atoms with E-state index in [1.54, 1.807) is 12.1 Å². The summed E-state index contributed by atoms with van der Waals surface area (Å²) in [7, 11) is 0. The molecule has 0 bridgehead atoms. The third-order valence-corrected chi connectivity index (χ3v) is 9.19. The minimum absolute atomic E-state index is 0.0394. The van der Waals surface area contributed by atoms with Crippen molar-refractivity contribution in [1.29, 1.82) is 0 Å². The lowest BCUT2D eigenvalue weighted by atomic mass is 9.79. The van der Waals surface area contributed by atoms with Crippen molar-refractivity contribution in [1.82, 2.24) is 10.2 Å². The molecule has 11 heteroatoms. The van der Waals surface area contributed by atoms with Crippen LogP contribution >= 0.6 is 11.6 Å². The van der Waals surface area contributed by atoms with Gasteiger partial charge in [-0.1, -0.05) is 59.6 Å². The molecule has 1 N–H and O–H groups in total. The van der Waals surface area contributed by atoms with Crippen LogP contribution in [0.2, 0.25) is 5.02 Å². The Morgan fingerprint density at radius 3 is 2.48 bits per heavy atom. The molecule has 250 valence electrons. The highest BCUT2D eigenvalue weighted by Crippen LogP contribution is 2.38. The van der Waals surface area contributed by atoms with Crippen molar-refractivity contribution in [2.75, 3.05) is 6.54 Å². The number of benzene rings is 3. The van der Waals surface area contributed by atoms with Gasteiger partial charge in [-0.3, -0.25) is 14.4 Å². The second-order valence-electron chi connectivity index (χ2n) is 12.3. The molecule has 6 rings (SSSR count). The van der Waals surface area contributed by atoms with Crippen molar-refractivity contribution in [2.24, 2.45) is 0 Å². The van der Waals surface area contributed by atoms with E-state index in [2.05, 4.69) is 28.3 Å². The molecule has 2 heterocycles. The predicted octanol–water partition coefficient (Wildman–Crippen LogP) is 8.09. The minimum Gasteiger partial charge on any atom is -0.451 e. The zero-order valence-corrected chi connectivity index (χ0v) is 26.8. The van der Waals surface area contributed by atoms with Gasteiger partial charge in [0.15, 0.2) is 11.2 Å². The molecule has 3 aromatic carbocycles. The first kappa shape index (κ1) is 33.3. The van der Waals surface area contributed by atoms with Crippen LogP contribution in [-0.4, -0.2) is 35.7 Å². The first-order valence-electron chi connectivity index (χ1n) is 15.9. The van der Waals surface area contributed by atoms with E-state index >= 15 is 0 Å². The molecule has 1 aromatic heterocycles. The monoisotopic (exact) mass is 678 g/mol. The van der Waals surface area contributed by atoms with Crippen LogP contribution < -0.4 is 15.5 Å². The van der Waals surface area contributed by atoms with Gasteiger partial charge in [0.05, 0.1) is 11.4 Å². The van der Waals surface area contributed by atoms with Crippen LogP contribution in [0.15, 0.2) is 93.7 Å². The van der Waals surface area contributed by atoms with Crippen molar-refractivity contribution >= 4 is 34.4 Å². The number of halogens is 4. The van der Waals surface area contributed by atoms with Gasteiger partial charge in [0.25, 0.3) is 5.91 Å². The molecule has 1 aliphatic heterocycles. The van der Waals surface area contributed by atoms with Gasteiger partial charge in [0.2, 0.25) is 5.91 Å². The summed E-state index contributed by atoms with van der Waals surface area (Å²) in [6.07, 6.45) is 2.65. The Morgan fingerprint density at radius 2 is 1.77 bits per heavy atom. The van der Waals surface area contributed by atoms with Gasteiger partial charge in [-0.15, -0.1) is 13.2 Å². The van der Waals surface area contributed by atoms with Crippen molar-refractivity contribution in [2.45, 2.75) is 69.8 Å². The molecule has 0 unspecified atom stereocenters. The summed E-state index contributed by atoms with van der Waals surface area (Å²) in [6, 6.07) is 19.3. The van der Waals surface area contributed by atoms with E-state index in [0.717, 1.165) is 62.4 Å². The molecule has 2 fully saturated rings. The van der Waals surface area contributed by atoms with Crippen LogP contribution in [0.5, 0.6) is 5.75 Å². The Labute approximate surface area is 280 Å². The largest absolute Gasteiger partial charge is 0.573 e. The first-order chi connectivity index (χ1) is 23.0. The van der Waals surface area contributed by atoms with Crippen LogP contribution in [0.3, 0.4) is 0 Å². The third kappa shape index (κ3) is 8.28. The zero-order chi connectivity index (χ0) is 33.8. The molecule has 4 aromatic rings. The molecule has 2 amide bonds. The van der Waals surface area contributed by atoms with E-state index in [-0.39, 0.29) is 22.6 Å². The molecule has 1 saturated heterocycles. The highest BCUT2D eigenvalue weighted by molar-refractivity contribution is 6.30. The number of likely N-dealkylation sites (tertiary alicyclic amines) is 1. The summed E-state index contributed by atoms with van der Waals surface area (Å²) in [6.45, 7) is 1.43. The molecule has 1 atom stereocenters. The topological polar surface area (TPSA) is 88.9 Å². The number of carbonyl (C=O) groups excluding carboxylic acids is 2. The average Bonchev–Trinajstić information content (AvgIpc) is 3.46. The SMILES string of the molecule is O=C(N[C@H](C=C1CCC(c2ccccc2CN2CCCC2=O)CC1)Cc1ccc(Cl)cc1)c1cc(=O)c2cc(OC(F)(F)F)ccc2o1. The second kappa shape index (κ2) is 14.3. The highest BCUT2D eigenvalue weighted by atomic mass is 35.5. The summed E-state index contributed by atoms with van der Waals surface area (Å²) in [4.78, 5) is 40.5. The molecule has 0 radical (unpaired) electrons. The number of fused-ring (bicyclic) bond motifs is 1. The molecule has 7 nitrogen and oxygen atoms in total. The molecule has 1 aliphatic carbocycles. The quantitative estimate of drug-likeness (QED) is 0.181. The van der Waals surface area contributed by atoms with E-state index in [9.17, 15) is 27.6 Å². The number of amides is 2. The lowest BCUT2D eigenvalue weighted by Crippen LogP contribution is -2.36. The van der Waals surface area contributed by atoms with E-state index in [0.29, 0.717) is 30.3 Å². The molecular weight excluding hydrogens is 645 g/mol. The Morgan fingerprint density at radius 1 is 1.02 bits per heavy atom. The van der Waals surface area contributed by atoms with E-state index in [4.69, 9.17) is 16.0 Å². The number of carbonyl (C=O) groups is 2. The maximum absolute atomic E-state index is 13.4.